The molecule has 0 unspecified atom stereocenters. The van der Waals surface area contributed by atoms with Gasteiger partial charge in [-0.2, -0.15) is 0 Å². The Morgan fingerprint density at radius 3 is 2.48 bits per heavy atom. The van der Waals surface area contributed by atoms with E-state index in [1.807, 2.05) is 57.1 Å². The lowest BCUT2D eigenvalue weighted by Crippen LogP contribution is -2.37. The van der Waals surface area contributed by atoms with Gasteiger partial charge in [-0.3, -0.25) is 9.69 Å². The van der Waals surface area contributed by atoms with E-state index in [1.165, 1.54) is 17.6 Å². The van der Waals surface area contributed by atoms with Gasteiger partial charge in [-0.25, -0.2) is 13.4 Å². The molecule has 1 heterocycles. The summed E-state index contributed by atoms with van der Waals surface area (Å²) in [6, 6.07) is 10.9. The second-order valence-electron chi connectivity index (χ2n) is 7.45. The third kappa shape index (κ3) is 4.66. The van der Waals surface area contributed by atoms with Crippen LogP contribution in [0.4, 0.5) is 5.13 Å². The number of sulfone groups is 1. The highest BCUT2D eigenvalue weighted by Crippen LogP contribution is 2.33. The largest absolute Gasteiger partial charge is 0.308 e. The molecule has 3 rings (SSSR count). The Hall–Kier alpha value is -2.29. The Labute approximate surface area is 175 Å². The molecule has 3 aromatic rings. The average molecular weight is 432 g/mol. The zero-order chi connectivity index (χ0) is 21.3. The van der Waals surface area contributed by atoms with Crippen molar-refractivity contribution in [1.82, 2.24) is 9.88 Å². The summed E-state index contributed by atoms with van der Waals surface area (Å²) in [5.74, 6) is -0.131. The number of para-hydroxylation sites is 1. The van der Waals surface area contributed by atoms with Crippen LogP contribution in [0.3, 0.4) is 0 Å². The zero-order valence-electron chi connectivity index (χ0n) is 17.3. The number of likely N-dealkylation sites (N-methyl/N-ethyl adjacent to an activating group) is 1. The molecule has 0 saturated carbocycles. The third-order valence-corrected chi connectivity index (χ3v) is 6.81. The minimum atomic E-state index is -3.42. The molecule has 0 atom stereocenters. The quantitative estimate of drug-likeness (QED) is 0.597. The first kappa shape index (κ1) is 21.4. The van der Waals surface area contributed by atoms with E-state index >= 15 is 0 Å². The molecule has 29 heavy (non-hydrogen) atoms. The van der Waals surface area contributed by atoms with Crippen LogP contribution in [0, 0.1) is 13.8 Å². The van der Waals surface area contributed by atoms with Crippen molar-refractivity contribution in [2.24, 2.45) is 0 Å². The topological polar surface area (TPSA) is 70.6 Å². The van der Waals surface area contributed by atoms with Crippen LogP contribution in [0.2, 0.25) is 0 Å². The van der Waals surface area contributed by atoms with Crippen molar-refractivity contribution in [2.75, 3.05) is 38.3 Å². The van der Waals surface area contributed by atoms with Gasteiger partial charge in [0.15, 0.2) is 15.0 Å². The molecule has 0 saturated heterocycles. The third-order valence-electron chi connectivity index (χ3n) is 4.64. The highest BCUT2D eigenvalue weighted by Gasteiger charge is 2.24. The summed E-state index contributed by atoms with van der Waals surface area (Å²) in [4.78, 5) is 21.9. The summed E-state index contributed by atoms with van der Waals surface area (Å²) in [6.07, 6.45) is 1.17. The van der Waals surface area contributed by atoms with Gasteiger partial charge in [-0.1, -0.05) is 35.1 Å². The summed E-state index contributed by atoms with van der Waals surface area (Å²) in [5.41, 5.74) is 2.95. The van der Waals surface area contributed by atoms with Crippen molar-refractivity contribution in [3.63, 3.8) is 0 Å². The van der Waals surface area contributed by atoms with Crippen molar-refractivity contribution in [3.05, 3.63) is 53.1 Å². The number of nitrogens with zero attached hydrogens (tertiary/aromatic N) is 3. The van der Waals surface area contributed by atoms with Gasteiger partial charge in [0.2, 0.25) is 0 Å². The Morgan fingerprint density at radius 1 is 1.10 bits per heavy atom. The van der Waals surface area contributed by atoms with Gasteiger partial charge < -0.3 is 4.90 Å². The normalized spacial score (nSPS) is 11.9. The number of carbonyl (C=O) groups is 1. The minimum absolute atomic E-state index is 0.131. The molecule has 0 bridgehead atoms. The van der Waals surface area contributed by atoms with Gasteiger partial charge in [-0.05, 0) is 51.7 Å². The molecule has 1 aromatic heterocycles. The highest BCUT2D eigenvalue weighted by atomic mass is 32.2. The molecule has 1 amide bonds. The number of carbonyl (C=O) groups excluding carboxylic acids is 1. The fraction of sp³-hybridized carbons (Fsp3) is 0.333. The number of anilines is 1. The Balaban J connectivity index is 2.12. The van der Waals surface area contributed by atoms with E-state index in [0.717, 1.165) is 15.8 Å². The van der Waals surface area contributed by atoms with Crippen molar-refractivity contribution < 1.29 is 13.2 Å². The van der Waals surface area contributed by atoms with Crippen molar-refractivity contribution >= 4 is 42.4 Å². The van der Waals surface area contributed by atoms with Crippen LogP contribution in [0.1, 0.15) is 21.5 Å². The first-order valence-corrected chi connectivity index (χ1v) is 11.9. The fourth-order valence-electron chi connectivity index (χ4n) is 3.02. The molecule has 0 aliphatic heterocycles. The molecule has 0 radical (unpaired) electrons. The number of hydrogen-bond donors (Lipinski definition) is 0. The van der Waals surface area contributed by atoms with Gasteiger partial charge in [0.25, 0.3) is 5.91 Å². The molecular formula is C21H25N3O3S2. The van der Waals surface area contributed by atoms with Gasteiger partial charge in [0.1, 0.15) is 5.52 Å². The number of amides is 1. The SMILES string of the molecule is Cc1ccc(C)c(C(=O)N(CCN(C)C)c2nc3c(S(C)(=O)=O)cccc3s2)c1. The fourth-order valence-corrected chi connectivity index (χ4v) is 4.94. The van der Waals surface area contributed by atoms with Crippen LogP contribution < -0.4 is 4.90 Å². The molecule has 0 N–H and O–H groups in total. The lowest BCUT2D eigenvalue weighted by molar-refractivity contribution is 0.0984. The van der Waals surface area contributed by atoms with Crippen LogP contribution in [-0.2, 0) is 9.84 Å². The van der Waals surface area contributed by atoms with E-state index < -0.39 is 9.84 Å². The zero-order valence-corrected chi connectivity index (χ0v) is 18.9. The lowest BCUT2D eigenvalue weighted by Gasteiger charge is -2.23. The minimum Gasteiger partial charge on any atom is -0.308 e. The number of rotatable bonds is 6. The monoisotopic (exact) mass is 431 g/mol. The molecule has 0 aliphatic rings. The molecule has 0 aliphatic carbocycles. The number of hydrogen-bond acceptors (Lipinski definition) is 6. The van der Waals surface area contributed by atoms with E-state index in [-0.39, 0.29) is 10.8 Å². The summed E-state index contributed by atoms with van der Waals surface area (Å²) >= 11 is 1.33. The number of aromatic nitrogens is 1. The summed E-state index contributed by atoms with van der Waals surface area (Å²) in [6.45, 7) is 4.98. The number of aryl methyl sites for hydroxylation is 2. The second kappa shape index (κ2) is 8.22. The van der Waals surface area contributed by atoms with Gasteiger partial charge in [-0.15, -0.1) is 0 Å². The van der Waals surface area contributed by atoms with E-state index in [1.54, 1.807) is 17.0 Å². The first-order chi connectivity index (χ1) is 13.6. The van der Waals surface area contributed by atoms with Gasteiger partial charge in [0, 0.05) is 24.9 Å². The van der Waals surface area contributed by atoms with E-state index in [9.17, 15) is 13.2 Å². The molecule has 8 heteroatoms. The number of fused-ring (bicyclic) bond motifs is 1. The Morgan fingerprint density at radius 2 is 1.83 bits per heavy atom. The maximum absolute atomic E-state index is 13.4. The predicted molar refractivity (Wildman–Crippen MR) is 119 cm³/mol. The molecule has 0 fully saturated rings. The summed E-state index contributed by atoms with van der Waals surface area (Å²) in [5, 5.41) is 0.504. The van der Waals surface area contributed by atoms with Gasteiger partial charge in [0.05, 0.1) is 9.60 Å². The maximum atomic E-state index is 13.4. The van der Waals surface area contributed by atoms with Crippen LogP contribution in [0.15, 0.2) is 41.3 Å². The summed E-state index contributed by atoms with van der Waals surface area (Å²) in [7, 11) is 0.470. The molecule has 154 valence electrons. The maximum Gasteiger partial charge on any atom is 0.260 e. The van der Waals surface area contributed by atoms with Crippen molar-refractivity contribution in [1.29, 1.82) is 0 Å². The Kier molecular flexibility index (Phi) is 6.07. The highest BCUT2D eigenvalue weighted by molar-refractivity contribution is 7.91. The standard InChI is InChI=1S/C21H25N3O3S2/c1-14-9-10-15(2)16(13-14)20(25)24(12-11-23(3)4)21-22-19-17(28-21)7-6-8-18(19)29(5,26)27/h6-10,13H,11-12H2,1-5H3. The molecular weight excluding hydrogens is 406 g/mol. The van der Waals surface area contributed by atoms with Crippen LogP contribution >= 0.6 is 11.3 Å². The van der Waals surface area contributed by atoms with Crippen molar-refractivity contribution in [2.45, 2.75) is 18.7 Å². The van der Waals surface area contributed by atoms with E-state index in [2.05, 4.69) is 4.98 Å². The molecule has 6 nitrogen and oxygen atoms in total. The molecule has 2 aromatic carbocycles. The van der Waals surface area contributed by atoms with Crippen LogP contribution in [0.5, 0.6) is 0 Å². The molecule has 0 spiro atoms. The Bertz CT molecular complexity index is 1170. The van der Waals surface area contributed by atoms with E-state index in [0.29, 0.717) is 29.3 Å². The van der Waals surface area contributed by atoms with Crippen LogP contribution in [-0.4, -0.2) is 57.6 Å². The van der Waals surface area contributed by atoms with E-state index in [4.69, 9.17) is 0 Å². The van der Waals surface area contributed by atoms with Crippen LogP contribution in [0.25, 0.3) is 10.2 Å². The van der Waals surface area contributed by atoms with Crippen molar-refractivity contribution in [3.8, 4) is 0 Å². The predicted octanol–water partition coefficient (Wildman–Crippen LogP) is 3.53. The lowest BCUT2D eigenvalue weighted by atomic mass is 10.0. The first-order valence-electron chi connectivity index (χ1n) is 9.21. The second-order valence-corrected chi connectivity index (χ2v) is 10.4. The summed E-state index contributed by atoms with van der Waals surface area (Å²) < 4.78 is 25.1. The average Bonchev–Trinajstić information content (AvgIpc) is 3.06. The number of thiazole rings is 1. The van der Waals surface area contributed by atoms with Gasteiger partial charge >= 0.3 is 0 Å². The smallest absolute Gasteiger partial charge is 0.260 e. The number of benzene rings is 2.